The molecule has 1 saturated heterocycles. The van der Waals surface area contributed by atoms with Crippen molar-refractivity contribution in [3.63, 3.8) is 0 Å². The van der Waals surface area contributed by atoms with Gasteiger partial charge in [0.15, 0.2) is 0 Å². The van der Waals surface area contributed by atoms with E-state index < -0.39 is 5.82 Å². The predicted octanol–water partition coefficient (Wildman–Crippen LogP) is 1.08. The summed E-state index contributed by atoms with van der Waals surface area (Å²) in [6, 6.07) is 3.90. The molecule has 2 rings (SSSR count). The van der Waals surface area contributed by atoms with Gasteiger partial charge in [0.25, 0.3) is 5.91 Å². The highest BCUT2D eigenvalue weighted by atomic mass is 19.1. The number of carbonyl (C=O) groups is 1. The van der Waals surface area contributed by atoms with Crippen LogP contribution in [0.5, 0.6) is 0 Å². The van der Waals surface area contributed by atoms with E-state index in [2.05, 4.69) is 17.2 Å². The van der Waals surface area contributed by atoms with Crippen LogP contribution in [0.2, 0.25) is 0 Å². The third kappa shape index (κ3) is 3.80. The molecule has 5 heteroatoms. The minimum atomic E-state index is -0.463. The zero-order valence-electron chi connectivity index (χ0n) is 11.0. The largest absolute Gasteiger partial charge is 0.384 e. The fourth-order valence-electron chi connectivity index (χ4n) is 2.06. The van der Waals surface area contributed by atoms with Crippen molar-refractivity contribution in [2.75, 3.05) is 19.8 Å². The van der Waals surface area contributed by atoms with Crippen molar-refractivity contribution < 1.29 is 19.0 Å². The lowest BCUT2D eigenvalue weighted by Gasteiger charge is -2.23. The summed E-state index contributed by atoms with van der Waals surface area (Å²) >= 11 is 0. The van der Waals surface area contributed by atoms with Crippen molar-refractivity contribution in [1.29, 1.82) is 0 Å². The second-order valence-corrected chi connectivity index (χ2v) is 4.51. The van der Waals surface area contributed by atoms with Gasteiger partial charge < -0.3 is 15.2 Å². The van der Waals surface area contributed by atoms with E-state index in [1.165, 1.54) is 18.2 Å². The van der Waals surface area contributed by atoms with E-state index >= 15 is 0 Å². The molecule has 0 saturated carbocycles. The summed E-state index contributed by atoms with van der Waals surface area (Å²) in [5.41, 5.74) is 0.599. The summed E-state index contributed by atoms with van der Waals surface area (Å²) in [7, 11) is 0. The maximum Gasteiger partial charge on any atom is 0.252 e. The second-order valence-electron chi connectivity index (χ2n) is 4.51. The summed E-state index contributed by atoms with van der Waals surface area (Å²) in [5, 5.41) is 11.6. The van der Waals surface area contributed by atoms with E-state index in [9.17, 15) is 9.18 Å². The van der Waals surface area contributed by atoms with Crippen molar-refractivity contribution in [3.8, 4) is 11.8 Å². The zero-order chi connectivity index (χ0) is 14.4. The minimum Gasteiger partial charge on any atom is -0.384 e. The lowest BCUT2D eigenvalue weighted by molar-refractivity contribution is 0.0696. The van der Waals surface area contributed by atoms with Crippen LogP contribution in [-0.2, 0) is 4.74 Å². The number of hydrogen-bond acceptors (Lipinski definition) is 3. The summed E-state index contributed by atoms with van der Waals surface area (Å²) in [4.78, 5) is 12.2. The normalized spacial score (nSPS) is 15.3. The van der Waals surface area contributed by atoms with Crippen molar-refractivity contribution in [1.82, 2.24) is 5.32 Å². The van der Waals surface area contributed by atoms with Crippen LogP contribution in [0.1, 0.15) is 28.8 Å². The third-order valence-corrected chi connectivity index (χ3v) is 3.08. The SMILES string of the molecule is O=C(NC1CCOCC1)c1ccc(F)cc1C#CCO. The first kappa shape index (κ1) is 14.5. The molecule has 0 unspecified atom stereocenters. The van der Waals surface area contributed by atoms with Crippen LogP contribution >= 0.6 is 0 Å². The summed E-state index contributed by atoms with van der Waals surface area (Å²) in [6.07, 6.45) is 1.54. The highest BCUT2D eigenvalue weighted by Crippen LogP contribution is 2.13. The second kappa shape index (κ2) is 7.04. The summed E-state index contributed by atoms with van der Waals surface area (Å²) < 4.78 is 18.4. The van der Waals surface area contributed by atoms with Crippen molar-refractivity contribution in [2.24, 2.45) is 0 Å². The Morgan fingerprint density at radius 2 is 2.20 bits per heavy atom. The Labute approximate surface area is 116 Å². The van der Waals surface area contributed by atoms with Crippen LogP contribution < -0.4 is 5.32 Å². The molecule has 0 radical (unpaired) electrons. The van der Waals surface area contributed by atoms with E-state index in [0.717, 1.165) is 12.8 Å². The van der Waals surface area contributed by atoms with Gasteiger partial charge in [0.05, 0.1) is 5.56 Å². The van der Waals surface area contributed by atoms with Gasteiger partial charge in [0, 0.05) is 24.8 Å². The maximum absolute atomic E-state index is 13.2. The minimum absolute atomic E-state index is 0.0694. The van der Waals surface area contributed by atoms with E-state index in [1.54, 1.807) is 0 Å². The molecule has 0 spiro atoms. The van der Waals surface area contributed by atoms with Crippen molar-refractivity contribution in [3.05, 3.63) is 35.1 Å². The number of halogens is 1. The quantitative estimate of drug-likeness (QED) is 0.795. The molecule has 0 aliphatic carbocycles. The molecule has 0 aromatic heterocycles. The monoisotopic (exact) mass is 277 g/mol. The Morgan fingerprint density at radius 3 is 2.90 bits per heavy atom. The number of hydrogen-bond donors (Lipinski definition) is 2. The number of amides is 1. The molecule has 1 aromatic carbocycles. The molecule has 1 aliphatic heterocycles. The van der Waals surface area contributed by atoms with Gasteiger partial charge in [0.2, 0.25) is 0 Å². The van der Waals surface area contributed by atoms with Gasteiger partial charge in [-0.05, 0) is 31.0 Å². The van der Waals surface area contributed by atoms with E-state index in [0.29, 0.717) is 18.8 Å². The highest BCUT2D eigenvalue weighted by Gasteiger charge is 2.18. The van der Waals surface area contributed by atoms with E-state index in [4.69, 9.17) is 9.84 Å². The molecule has 20 heavy (non-hydrogen) atoms. The Kier molecular flexibility index (Phi) is 5.10. The molecule has 1 aromatic rings. The molecular weight excluding hydrogens is 261 g/mol. The van der Waals surface area contributed by atoms with Gasteiger partial charge in [-0.1, -0.05) is 11.8 Å². The number of aliphatic hydroxyl groups is 1. The first-order chi connectivity index (χ1) is 9.70. The number of aliphatic hydroxyl groups excluding tert-OH is 1. The Hall–Kier alpha value is -1.90. The molecule has 0 atom stereocenters. The zero-order valence-corrected chi connectivity index (χ0v) is 11.0. The molecule has 1 aliphatic rings. The summed E-state index contributed by atoms with van der Waals surface area (Å²) in [6.45, 7) is 0.925. The molecule has 0 bridgehead atoms. The molecule has 2 N–H and O–H groups in total. The van der Waals surface area contributed by atoms with Gasteiger partial charge in [-0.3, -0.25) is 4.79 Å². The fourth-order valence-corrected chi connectivity index (χ4v) is 2.06. The molecular formula is C15H16FNO3. The van der Waals surface area contributed by atoms with Crippen LogP contribution in [-0.4, -0.2) is 36.9 Å². The first-order valence-corrected chi connectivity index (χ1v) is 6.48. The van der Waals surface area contributed by atoms with Crippen LogP contribution in [0, 0.1) is 17.7 Å². The number of carbonyl (C=O) groups excluding carboxylic acids is 1. The highest BCUT2D eigenvalue weighted by molar-refractivity contribution is 5.96. The number of benzene rings is 1. The van der Waals surface area contributed by atoms with Crippen LogP contribution in [0.3, 0.4) is 0 Å². The van der Waals surface area contributed by atoms with Gasteiger partial charge in [-0.2, -0.15) is 0 Å². The van der Waals surface area contributed by atoms with Crippen LogP contribution in [0.4, 0.5) is 4.39 Å². The fraction of sp³-hybridized carbons (Fsp3) is 0.400. The first-order valence-electron chi connectivity index (χ1n) is 6.48. The number of ether oxygens (including phenoxy) is 1. The molecule has 106 valence electrons. The summed E-state index contributed by atoms with van der Waals surface area (Å²) in [5.74, 6) is 4.28. The average molecular weight is 277 g/mol. The Morgan fingerprint density at radius 1 is 1.45 bits per heavy atom. The standard InChI is InChI=1S/C15H16FNO3/c16-12-3-4-14(11(10-12)2-1-7-18)15(19)17-13-5-8-20-9-6-13/h3-4,10,13,18H,5-9H2,(H,17,19). The van der Waals surface area contributed by atoms with Gasteiger partial charge in [-0.25, -0.2) is 4.39 Å². The van der Waals surface area contributed by atoms with Gasteiger partial charge >= 0.3 is 0 Å². The van der Waals surface area contributed by atoms with Crippen LogP contribution in [0.15, 0.2) is 18.2 Å². The Balaban J connectivity index is 2.15. The average Bonchev–Trinajstić information content (AvgIpc) is 2.46. The molecule has 4 nitrogen and oxygen atoms in total. The van der Waals surface area contributed by atoms with E-state index in [-0.39, 0.29) is 24.1 Å². The third-order valence-electron chi connectivity index (χ3n) is 3.08. The number of rotatable bonds is 2. The molecule has 1 fully saturated rings. The molecule has 1 heterocycles. The maximum atomic E-state index is 13.2. The smallest absolute Gasteiger partial charge is 0.252 e. The van der Waals surface area contributed by atoms with Crippen molar-refractivity contribution in [2.45, 2.75) is 18.9 Å². The van der Waals surface area contributed by atoms with Gasteiger partial charge in [-0.15, -0.1) is 0 Å². The van der Waals surface area contributed by atoms with E-state index in [1.807, 2.05) is 0 Å². The van der Waals surface area contributed by atoms with Crippen LogP contribution in [0.25, 0.3) is 0 Å². The number of nitrogens with one attached hydrogen (secondary N) is 1. The van der Waals surface area contributed by atoms with Crippen molar-refractivity contribution >= 4 is 5.91 Å². The predicted molar refractivity (Wildman–Crippen MR) is 71.7 cm³/mol. The molecule has 1 amide bonds. The lowest BCUT2D eigenvalue weighted by atomic mass is 10.0. The van der Waals surface area contributed by atoms with Gasteiger partial charge in [0.1, 0.15) is 12.4 Å². The topological polar surface area (TPSA) is 58.6 Å². The Bertz CT molecular complexity index is 542. The lowest BCUT2D eigenvalue weighted by Crippen LogP contribution is -2.39.